The standard InChI is InChI=1S/C9H6ClF2IN2/c10-4-5-3-6(9(11)12)8(13)7(15-5)1-2-14/h3,9H,1,4H2. The van der Waals surface area contributed by atoms with Gasteiger partial charge in [0, 0.05) is 9.13 Å². The van der Waals surface area contributed by atoms with Crippen LogP contribution in [0.4, 0.5) is 8.78 Å². The van der Waals surface area contributed by atoms with Gasteiger partial charge in [-0.15, -0.1) is 11.6 Å². The number of hydrogen-bond donors (Lipinski definition) is 0. The Labute approximate surface area is 104 Å². The van der Waals surface area contributed by atoms with Crippen LogP contribution in [0.2, 0.25) is 0 Å². The molecule has 0 atom stereocenters. The summed E-state index contributed by atoms with van der Waals surface area (Å²) in [5, 5.41) is 8.52. The van der Waals surface area contributed by atoms with Crippen molar-refractivity contribution in [3.05, 3.63) is 26.6 Å². The number of nitrogens with zero attached hydrogens (tertiary/aromatic N) is 2. The number of pyridine rings is 1. The van der Waals surface area contributed by atoms with Crippen LogP contribution in [-0.2, 0) is 12.3 Å². The Hall–Kier alpha value is -0.480. The van der Waals surface area contributed by atoms with Gasteiger partial charge in [-0.25, -0.2) is 8.78 Å². The molecule has 0 aliphatic heterocycles. The number of nitriles is 1. The van der Waals surface area contributed by atoms with Gasteiger partial charge in [-0.05, 0) is 28.7 Å². The Bertz CT molecular complexity index is 404. The highest BCUT2D eigenvalue weighted by Crippen LogP contribution is 2.27. The molecule has 0 saturated carbocycles. The van der Waals surface area contributed by atoms with Gasteiger partial charge in [0.15, 0.2) is 0 Å². The molecule has 1 rings (SSSR count). The first-order chi connectivity index (χ1) is 7.10. The van der Waals surface area contributed by atoms with E-state index < -0.39 is 6.43 Å². The minimum atomic E-state index is -2.57. The quantitative estimate of drug-likeness (QED) is 0.623. The maximum Gasteiger partial charge on any atom is 0.265 e. The monoisotopic (exact) mass is 342 g/mol. The normalized spacial score (nSPS) is 10.4. The molecule has 0 unspecified atom stereocenters. The van der Waals surface area contributed by atoms with Gasteiger partial charge in [0.05, 0.1) is 29.8 Å². The maximum atomic E-state index is 12.6. The molecule has 1 heterocycles. The summed E-state index contributed by atoms with van der Waals surface area (Å²) in [6.07, 6.45) is -2.55. The van der Waals surface area contributed by atoms with E-state index in [2.05, 4.69) is 4.98 Å². The second kappa shape index (κ2) is 5.56. The van der Waals surface area contributed by atoms with E-state index in [1.54, 1.807) is 22.6 Å². The van der Waals surface area contributed by atoms with E-state index in [4.69, 9.17) is 16.9 Å². The van der Waals surface area contributed by atoms with Crippen LogP contribution in [0.25, 0.3) is 0 Å². The lowest BCUT2D eigenvalue weighted by molar-refractivity contribution is 0.150. The molecule has 80 valence electrons. The lowest BCUT2D eigenvalue weighted by atomic mass is 10.2. The largest absolute Gasteiger partial charge is 0.265 e. The Morgan fingerprint density at radius 2 is 2.27 bits per heavy atom. The van der Waals surface area contributed by atoms with Crippen molar-refractivity contribution in [1.82, 2.24) is 4.98 Å². The zero-order valence-electron chi connectivity index (χ0n) is 7.48. The minimum absolute atomic E-state index is 0.0166. The van der Waals surface area contributed by atoms with Gasteiger partial charge < -0.3 is 0 Å². The molecule has 0 bridgehead atoms. The van der Waals surface area contributed by atoms with Crippen molar-refractivity contribution in [3.8, 4) is 6.07 Å². The number of hydrogen-bond acceptors (Lipinski definition) is 2. The molecule has 0 saturated heterocycles. The van der Waals surface area contributed by atoms with E-state index in [1.165, 1.54) is 6.07 Å². The molecule has 6 heteroatoms. The molecule has 0 fully saturated rings. The van der Waals surface area contributed by atoms with E-state index in [1.807, 2.05) is 6.07 Å². The zero-order chi connectivity index (χ0) is 11.4. The second-order valence-corrected chi connectivity index (χ2v) is 4.08. The van der Waals surface area contributed by atoms with Gasteiger partial charge >= 0.3 is 0 Å². The van der Waals surface area contributed by atoms with E-state index in [-0.39, 0.29) is 17.9 Å². The summed E-state index contributed by atoms with van der Waals surface area (Å²) in [4.78, 5) is 4.03. The Kier molecular flexibility index (Phi) is 4.67. The number of halogens is 4. The van der Waals surface area contributed by atoms with Crippen LogP contribution >= 0.6 is 34.2 Å². The Morgan fingerprint density at radius 3 is 2.73 bits per heavy atom. The summed E-state index contributed by atoms with van der Waals surface area (Å²) < 4.78 is 25.6. The average Bonchev–Trinajstić information content (AvgIpc) is 2.21. The van der Waals surface area contributed by atoms with Crippen LogP contribution in [-0.4, -0.2) is 4.98 Å². The number of rotatable bonds is 3. The molecule has 0 N–H and O–H groups in total. The van der Waals surface area contributed by atoms with Gasteiger partial charge in [-0.3, -0.25) is 4.98 Å². The van der Waals surface area contributed by atoms with Crippen molar-refractivity contribution in [2.45, 2.75) is 18.7 Å². The highest BCUT2D eigenvalue weighted by Gasteiger charge is 2.17. The van der Waals surface area contributed by atoms with Crippen molar-refractivity contribution >= 4 is 34.2 Å². The fraction of sp³-hybridized carbons (Fsp3) is 0.333. The molecule has 2 nitrogen and oxygen atoms in total. The molecule has 15 heavy (non-hydrogen) atoms. The molecule has 1 aromatic heterocycles. The first-order valence-corrected chi connectivity index (χ1v) is 5.60. The summed E-state index contributed by atoms with van der Waals surface area (Å²) >= 11 is 7.31. The van der Waals surface area contributed by atoms with Gasteiger partial charge in [-0.1, -0.05) is 0 Å². The van der Waals surface area contributed by atoms with Gasteiger partial charge in [0.2, 0.25) is 0 Å². The van der Waals surface area contributed by atoms with E-state index in [0.29, 0.717) is 15.0 Å². The third-order valence-corrected chi connectivity index (χ3v) is 3.25. The van der Waals surface area contributed by atoms with Crippen LogP contribution in [0.1, 0.15) is 23.4 Å². The highest BCUT2D eigenvalue weighted by atomic mass is 127. The number of aromatic nitrogens is 1. The lowest BCUT2D eigenvalue weighted by Crippen LogP contribution is -2.02. The van der Waals surface area contributed by atoms with Crippen molar-refractivity contribution in [1.29, 1.82) is 5.26 Å². The fourth-order valence-electron chi connectivity index (χ4n) is 1.08. The average molecular weight is 343 g/mol. The smallest absolute Gasteiger partial charge is 0.254 e. The SMILES string of the molecule is N#CCc1nc(CCl)cc(C(F)F)c1I. The summed E-state index contributed by atoms with van der Waals surface area (Å²) in [5.41, 5.74) is 0.635. The van der Waals surface area contributed by atoms with E-state index >= 15 is 0 Å². The predicted octanol–water partition coefficient (Wildman–Crippen LogP) is 3.43. The van der Waals surface area contributed by atoms with Crippen molar-refractivity contribution in [2.75, 3.05) is 0 Å². The number of alkyl halides is 3. The predicted molar refractivity (Wildman–Crippen MR) is 60.8 cm³/mol. The van der Waals surface area contributed by atoms with Crippen molar-refractivity contribution in [3.63, 3.8) is 0 Å². The minimum Gasteiger partial charge on any atom is -0.254 e. The van der Waals surface area contributed by atoms with Crippen LogP contribution in [0.15, 0.2) is 6.07 Å². The molecule has 0 spiro atoms. The van der Waals surface area contributed by atoms with Gasteiger partial charge in [0.1, 0.15) is 0 Å². The third kappa shape index (κ3) is 2.98. The van der Waals surface area contributed by atoms with Gasteiger partial charge in [-0.2, -0.15) is 5.26 Å². The molecule has 0 aromatic carbocycles. The molecular formula is C9H6ClF2IN2. The van der Waals surface area contributed by atoms with E-state index in [0.717, 1.165) is 0 Å². The first-order valence-electron chi connectivity index (χ1n) is 3.99. The van der Waals surface area contributed by atoms with Crippen molar-refractivity contribution in [2.24, 2.45) is 0 Å². The van der Waals surface area contributed by atoms with Crippen LogP contribution in [0.3, 0.4) is 0 Å². The van der Waals surface area contributed by atoms with Crippen LogP contribution < -0.4 is 0 Å². The first kappa shape index (κ1) is 12.6. The Morgan fingerprint density at radius 1 is 1.60 bits per heavy atom. The van der Waals surface area contributed by atoms with Crippen LogP contribution in [0.5, 0.6) is 0 Å². The second-order valence-electron chi connectivity index (χ2n) is 2.73. The summed E-state index contributed by atoms with van der Waals surface area (Å²) in [6.45, 7) is 0. The molecular weight excluding hydrogens is 336 g/mol. The summed E-state index contributed by atoms with van der Waals surface area (Å²) in [7, 11) is 0. The molecule has 0 aliphatic carbocycles. The fourth-order valence-corrected chi connectivity index (χ4v) is 1.92. The van der Waals surface area contributed by atoms with Crippen LogP contribution in [0, 0.1) is 14.9 Å². The summed E-state index contributed by atoms with van der Waals surface area (Å²) in [6, 6.07) is 3.17. The van der Waals surface area contributed by atoms with Gasteiger partial charge in [0.25, 0.3) is 6.43 Å². The Balaban J connectivity index is 3.28. The lowest BCUT2D eigenvalue weighted by Gasteiger charge is -2.08. The molecule has 0 amide bonds. The summed E-state index contributed by atoms with van der Waals surface area (Å²) in [5.74, 6) is 0.0646. The van der Waals surface area contributed by atoms with Crippen molar-refractivity contribution < 1.29 is 8.78 Å². The highest BCUT2D eigenvalue weighted by molar-refractivity contribution is 14.1. The molecule has 1 aromatic rings. The molecule has 0 aliphatic rings. The molecule has 0 radical (unpaired) electrons. The topological polar surface area (TPSA) is 36.7 Å². The zero-order valence-corrected chi connectivity index (χ0v) is 10.4. The maximum absolute atomic E-state index is 12.6. The van der Waals surface area contributed by atoms with E-state index in [9.17, 15) is 8.78 Å². The third-order valence-electron chi connectivity index (χ3n) is 1.73.